The number of carbonyl (C=O) groups excluding carboxylic acids is 1. The van der Waals surface area contributed by atoms with E-state index in [9.17, 15) is 17.6 Å². The quantitative estimate of drug-likeness (QED) is 0.514. The Morgan fingerprint density at radius 3 is 2.23 bits per heavy atom. The Labute approximate surface area is 181 Å². The fourth-order valence-corrected chi connectivity index (χ4v) is 3.78. The van der Waals surface area contributed by atoms with E-state index in [4.69, 9.17) is 4.74 Å². The van der Waals surface area contributed by atoms with Gasteiger partial charge in [-0.25, -0.2) is 12.8 Å². The first kappa shape index (κ1) is 22.3. The van der Waals surface area contributed by atoms with Crippen LogP contribution in [0.3, 0.4) is 0 Å². The Kier molecular flexibility index (Phi) is 7.25. The molecule has 162 valence electrons. The number of hydrogen-bond donors (Lipinski definition) is 1. The number of nitrogens with one attached hydrogen (secondary N) is 1. The lowest BCUT2D eigenvalue weighted by molar-refractivity contribution is 0.0947. The predicted octanol–water partition coefficient (Wildman–Crippen LogP) is 3.60. The van der Waals surface area contributed by atoms with Gasteiger partial charge in [0.2, 0.25) is 10.0 Å². The van der Waals surface area contributed by atoms with E-state index in [1.807, 2.05) is 30.3 Å². The first-order valence-corrected chi connectivity index (χ1v) is 11.5. The third kappa shape index (κ3) is 6.55. The number of hydrogen-bond acceptors (Lipinski definition) is 4. The lowest BCUT2D eigenvalue weighted by Gasteiger charge is -2.22. The largest absolute Gasteiger partial charge is 0.492 e. The van der Waals surface area contributed by atoms with Crippen molar-refractivity contribution in [2.75, 3.05) is 23.7 Å². The summed E-state index contributed by atoms with van der Waals surface area (Å²) in [5.74, 6) is 0.0427. The van der Waals surface area contributed by atoms with Crippen LogP contribution in [0, 0.1) is 5.82 Å². The molecule has 0 bridgehead atoms. The molecule has 0 saturated carbocycles. The average molecular weight is 443 g/mol. The van der Waals surface area contributed by atoms with E-state index in [2.05, 4.69) is 5.32 Å². The van der Waals surface area contributed by atoms with Crippen LogP contribution in [0.25, 0.3) is 0 Å². The van der Waals surface area contributed by atoms with E-state index in [0.717, 1.165) is 12.0 Å². The van der Waals surface area contributed by atoms with Gasteiger partial charge in [0.1, 0.15) is 18.2 Å². The lowest BCUT2D eigenvalue weighted by Crippen LogP contribution is -2.29. The Morgan fingerprint density at radius 2 is 1.61 bits per heavy atom. The second-order valence-electron chi connectivity index (χ2n) is 6.86. The fourth-order valence-electron chi connectivity index (χ4n) is 2.89. The molecule has 1 amide bonds. The van der Waals surface area contributed by atoms with Gasteiger partial charge >= 0.3 is 0 Å². The normalized spacial score (nSPS) is 11.0. The number of anilines is 1. The van der Waals surface area contributed by atoms with Crippen molar-refractivity contribution < 1.29 is 22.3 Å². The van der Waals surface area contributed by atoms with E-state index in [-0.39, 0.29) is 12.5 Å². The minimum atomic E-state index is -3.58. The van der Waals surface area contributed by atoms with Crippen LogP contribution < -0.4 is 14.4 Å². The maximum Gasteiger partial charge on any atom is 0.251 e. The topological polar surface area (TPSA) is 75.7 Å². The molecule has 3 rings (SSSR count). The first-order chi connectivity index (χ1) is 14.8. The highest BCUT2D eigenvalue weighted by Crippen LogP contribution is 2.21. The van der Waals surface area contributed by atoms with E-state index < -0.39 is 15.8 Å². The molecule has 0 aliphatic heterocycles. The highest BCUT2D eigenvalue weighted by molar-refractivity contribution is 7.92. The van der Waals surface area contributed by atoms with Gasteiger partial charge in [-0.2, -0.15) is 0 Å². The second kappa shape index (κ2) is 10.1. The molecule has 0 unspecified atom stereocenters. The van der Waals surface area contributed by atoms with Gasteiger partial charge in [-0.15, -0.1) is 0 Å². The number of ether oxygens (including phenoxy) is 1. The predicted molar refractivity (Wildman–Crippen MR) is 118 cm³/mol. The zero-order valence-electron chi connectivity index (χ0n) is 17.0. The van der Waals surface area contributed by atoms with Crippen molar-refractivity contribution >= 4 is 21.6 Å². The summed E-state index contributed by atoms with van der Waals surface area (Å²) in [6.07, 6.45) is 1.09. The molecular formula is C23H23FN2O4S. The third-order valence-corrected chi connectivity index (χ3v) is 5.60. The number of para-hydroxylation sites is 1. The Bertz CT molecular complexity index is 1100. The Balaban J connectivity index is 1.58. The SMILES string of the molecule is CS(=O)(=O)N(Cc1ccc(C(=O)NCCOc2ccccc2)cc1)c1ccc(F)cc1. The third-order valence-electron chi connectivity index (χ3n) is 4.46. The van der Waals surface area contributed by atoms with Gasteiger partial charge in [-0.05, 0) is 54.1 Å². The summed E-state index contributed by atoms with van der Waals surface area (Å²) in [5, 5.41) is 2.78. The van der Waals surface area contributed by atoms with Crippen LogP contribution in [0.5, 0.6) is 5.75 Å². The number of sulfonamides is 1. The summed E-state index contributed by atoms with van der Waals surface area (Å²) >= 11 is 0. The number of benzene rings is 3. The first-order valence-electron chi connectivity index (χ1n) is 9.61. The number of nitrogens with zero attached hydrogens (tertiary/aromatic N) is 1. The maximum atomic E-state index is 13.2. The van der Waals surface area contributed by atoms with Crippen molar-refractivity contribution in [3.63, 3.8) is 0 Å². The monoisotopic (exact) mass is 442 g/mol. The highest BCUT2D eigenvalue weighted by atomic mass is 32.2. The van der Waals surface area contributed by atoms with E-state index >= 15 is 0 Å². The molecule has 0 aliphatic rings. The maximum absolute atomic E-state index is 13.2. The zero-order valence-corrected chi connectivity index (χ0v) is 17.8. The zero-order chi connectivity index (χ0) is 22.3. The standard InChI is InChI=1S/C23H23FN2O4S/c1-31(28,29)26(21-13-11-20(24)12-14-21)17-18-7-9-19(10-8-18)23(27)25-15-16-30-22-5-3-2-4-6-22/h2-14H,15-17H2,1H3,(H,25,27). The highest BCUT2D eigenvalue weighted by Gasteiger charge is 2.18. The van der Waals surface area contributed by atoms with E-state index in [0.29, 0.717) is 30.0 Å². The summed E-state index contributed by atoms with van der Waals surface area (Å²) in [4.78, 5) is 12.3. The van der Waals surface area contributed by atoms with Gasteiger partial charge in [-0.1, -0.05) is 30.3 Å². The number of carbonyl (C=O) groups is 1. The molecule has 0 atom stereocenters. The molecule has 0 radical (unpaired) electrons. The van der Waals surface area contributed by atoms with Crippen molar-refractivity contribution in [1.82, 2.24) is 5.32 Å². The summed E-state index contributed by atoms with van der Waals surface area (Å²) in [6.45, 7) is 0.758. The van der Waals surface area contributed by atoms with Gasteiger partial charge < -0.3 is 10.1 Å². The minimum Gasteiger partial charge on any atom is -0.492 e. The summed E-state index contributed by atoms with van der Waals surface area (Å²) in [6, 6.07) is 21.2. The number of amides is 1. The molecule has 0 fully saturated rings. The van der Waals surface area contributed by atoms with Crippen molar-refractivity contribution in [3.8, 4) is 5.75 Å². The molecule has 8 heteroatoms. The van der Waals surface area contributed by atoms with Gasteiger partial charge in [-0.3, -0.25) is 9.10 Å². The van der Waals surface area contributed by atoms with Gasteiger partial charge in [0.15, 0.2) is 0 Å². The van der Waals surface area contributed by atoms with Crippen molar-refractivity contribution in [2.45, 2.75) is 6.54 Å². The van der Waals surface area contributed by atoms with Crippen LogP contribution in [0.4, 0.5) is 10.1 Å². The van der Waals surface area contributed by atoms with Crippen molar-refractivity contribution in [2.24, 2.45) is 0 Å². The molecular weight excluding hydrogens is 419 g/mol. The molecule has 0 aliphatic carbocycles. The van der Waals surface area contributed by atoms with Crippen LogP contribution in [-0.4, -0.2) is 33.7 Å². The fraction of sp³-hybridized carbons (Fsp3) is 0.174. The van der Waals surface area contributed by atoms with Crippen LogP contribution in [0.15, 0.2) is 78.9 Å². The van der Waals surface area contributed by atoms with Crippen molar-refractivity contribution in [3.05, 3.63) is 95.8 Å². The van der Waals surface area contributed by atoms with Gasteiger partial charge in [0.05, 0.1) is 25.0 Å². The molecule has 0 spiro atoms. The van der Waals surface area contributed by atoms with Crippen molar-refractivity contribution in [1.29, 1.82) is 0 Å². The number of halogens is 1. The van der Waals surface area contributed by atoms with E-state index in [1.165, 1.54) is 28.6 Å². The molecule has 3 aromatic carbocycles. The molecule has 1 N–H and O–H groups in total. The Hall–Kier alpha value is -3.39. The minimum absolute atomic E-state index is 0.0667. The molecule has 0 heterocycles. The van der Waals surface area contributed by atoms with Crippen LogP contribution >= 0.6 is 0 Å². The van der Waals surface area contributed by atoms with Gasteiger partial charge in [0.25, 0.3) is 5.91 Å². The summed E-state index contributed by atoms with van der Waals surface area (Å²) in [7, 11) is -3.58. The summed E-state index contributed by atoms with van der Waals surface area (Å²) in [5.41, 5.74) is 1.51. The smallest absolute Gasteiger partial charge is 0.251 e. The van der Waals surface area contributed by atoms with Gasteiger partial charge in [0, 0.05) is 5.56 Å². The lowest BCUT2D eigenvalue weighted by atomic mass is 10.1. The number of rotatable bonds is 9. The van der Waals surface area contributed by atoms with Crippen LogP contribution in [-0.2, 0) is 16.6 Å². The molecule has 0 aromatic heterocycles. The Morgan fingerprint density at radius 1 is 0.968 bits per heavy atom. The average Bonchev–Trinajstić information content (AvgIpc) is 2.76. The molecule has 0 saturated heterocycles. The van der Waals surface area contributed by atoms with Crippen LogP contribution in [0.2, 0.25) is 0 Å². The molecule has 3 aromatic rings. The second-order valence-corrected chi connectivity index (χ2v) is 8.77. The van der Waals surface area contributed by atoms with Crippen LogP contribution in [0.1, 0.15) is 15.9 Å². The molecule has 6 nitrogen and oxygen atoms in total. The summed E-state index contributed by atoms with van der Waals surface area (Å²) < 4.78 is 44.3. The molecule has 31 heavy (non-hydrogen) atoms. The van der Waals surface area contributed by atoms with E-state index in [1.54, 1.807) is 24.3 Å².